The van der Waals surface area contributed by atoms with Gasteiger partial charge in [-0.05, 0) is 144 Å². The molecule has 0 amide bonds. The second kappa shape index (κ2) is 19.3. The van der Waals surface area contributed by atoms with Crippen LogP contribution in [0.5, 0.6) is 0 Å². The Balaban J connectivity index is 1.26. The zero-order valence-corrected chi connectivity index (χ0v) is 44.5. The van der Waals surface area contributed by atoms with Crippen LogP contribution < -0.4 is 26.2 Å². The number of aryl methyl sites for hydroxylation is 1. The molecule has 2 aliphatic rings. The minimum Gasteiger partial charge on any atom is -0.311 e. The van der Waals surface area contributed by atoms with Gasteiger partial charge in [-0.25, -0.2) is 0 Å². The molecule has 0 aromatic heterocycles. The normalized spacial score (nSPS) is 12.8. The number of benzene rings is 10. The topological polar surface area (TPSA) is 6.48 Å². The van der Waals surface area contributed by atoms with Crippen molar-refractivity contribution in [3.05, 3.63) is 247 Å². The zero-order chi connectivity index (χ0) is 51.4. The van der Waals surface area contributed by atoms with Gasteiger partial charge < -0.3 is 9.80 Å². The van der Waals surface area contributed by atoms with Crippen molar-refractivity contribution in [2.45, 2.75) is 78.6 Å². The average Bonchev–Trinajstić information content (AvgIpc) is 3.45. The smallest absolute Gasteiger partial charge is 0.252 e. The van der Waals surface area contributed by atoms with Crippen molar-refractivity contribution in [2.24, 2.45) is 0 Å². The maximum Gasteiger partial charge on any atom is 0.252 e. The summed E-state index contributed by atoms with van der Waals surface area (Å²) in [5.41, 5.74) is 27.0. The van der Waals surface area contributed by atoms with Gasteiger partial charge in [-0.15, -0.1) is 0 Å². The lowest BCUT2D eigenvalue weighted by molar-refractivity contribution is 0.590. The van der Waals surface area contributed by atoms with Gasteiger partial charge in [0.05, 0.1) is 5.69 Å². The SMILES string of the molecule is CCCCc1ccc(-c2ccccc2)cc1N1c2ccc(-c3ccccc3)cc2B2c3cc(-c4ccccc4)ccc3N(c3c(-c4ccccc4)cc(C(C)(C)C)cc3-c3ccccc3)c3cc(C(C)(C)C)cc1c32. The number of fused-ring (bicyclic) bond motifs is 4. The van der Waals surface area contributed by atoms with E-state index in [1.807, 2.05) is 0 Å². The highest BCUT2D eigenvalue weighted by Crippen LogP contribution is 2.53. The van der Waals surface area contributed by atoms with E-state index in [0.717, 1.165) is 19.3 Å². The molecule has 75 heavy (non-hydrogen) atoms. The largest absolute Gasteiger partial charge is 0.311 e. The van der Waals surface area contributed by atoms with E-state index >= 15 is 0 Å². The standard InChI is InChI=1S/C72H65BN2/c1-8-9-25-54-36-37-57(51-30-19-12-20-31-51)44-66(54)74-64-40-38-55(49-26-15-10-16-27-49)42-62(64)73-63-43-56(50-28-17-11-18-29-50)39-41-65(63)75(68-48-59(72(5,6)7)47-67(74)69(68)73)70-60(52-32-21-13-22-33-52)45-58(71(2,3)4)46-61(70)53-34-23-14-24-35-53/h10-24,26-48H,8-9,25H2,1-7H3. The molecular formula is C72H65BN2. The third kappa shape index (κ3) is 8.79. The minimum absolute atomic E-state index is 0.0977. The molecule has 0 aliphatic carbocycles. The molecular weight excluding hydrogens is 904 g/mol. The summed E-state index contributed by atoms with van der Waals surface area (Å²) in [5, 5.41) is 0. The number of anilines is 6. The summed E-state index contributed by atoms with van der Waals surface area (Å²) in [7, 11) is 0. The van der Waals surface area contributed by atoms with Crippen LogP contribution in [0.25, 0.3) is 55.6 Å². The summed E-state index contributed by atoms with van der Waals surface area (Å²) in [5.74, 6) is 0. The van der Waals surface area contributed by atoms with E-state index in [4.69, 9.17) is 0 Å². The number of unbranched alkanes of at least 4 members (excludes halogenated alkanes) is 1. The van der Waals surface area contributed by atoms with Crippen molar-refractivity contribution in [3.8, 4) is 55.6 Å². The highest BCUT2D eigenvalue weighted by molar-refractivity contribution is 7.00. The molecule has 10 aromatic carbocycles. The third-order valence-electron chi connectivity index (χ3n) is 15.7. The number of hydrogen-bond acceptors (Lipinski definition) is 2. The van der Waals surface area contributed by atoms with Crippen molar-refractivity contribution in [1.29, 1.82) is 0 Å². The van der Waals surface area contributed by atoms with Crippen LogP contribution in [0.1, 0.15) is 78.0 Å². The molecule has 0 atom stereocenters. The molecule has 2 heterocycles. The van der Waals surface area contributed by atoms with Crippen molar-refractivity contribution >= 4 is 57.2 Å². The summed E-state index contributed by atoms with van der Waals surface area (Å²) in [6, 6.07) is 87.1. The summed E-state index contributed by atoms with van der Waals surface area (Å²) >= 11 is 0. The van der Waals surface area contributed by atoms with E-state index < -0.39 is 0 Å². The van der Waals surface area contributed by atoms with Gasteiger partial charge in [-0.2, -0.15) is 0 Å². The Morgan fingerprint density at radius 2 is 0.733 bits per heavy atom. The van der Waals surface area contributed by atoms with Crippen molar-refractivity contribution in [2.75, 3.05) is 9.80 Å². The fourth-order valence-electron chi connectivity index (χ4n) is 11.7. The lowest BCUT2D eigenvalue weighted by atomic mass is 9.33. The van der Waals surface area contributed by atoms with E-state index in [1.54, 1.807) is 0 Å². The van der Waals surface area contributed by atoms with E-state index in [2.05, 4.69) is 289 Å². The van der Waals surface area contributed by atoms with E-state index in [-0.39, 0.29) is 17.5 Å². The monoisotopic (exact) mass is 969 g/mol. The predicted octanol–water partition coefficient (Wildman–Crippen LogP) is 18.0. The first-order valence-corrected chi connectivity index (χ1v) is 27.1. The van der Waals surface area contributed by atoms with Crippen molar-refractivity contribution in [1.82, 2.24) is 0 Å². The van der Waals surface area contributed by atoms with Crippen LogP contribution >= 0.6 is 0 Å². The van der Waals surface area contributed by atoms with Crippen LogP contribution in [0.4, 0.5) is 34.1 Å². The van der Waals surface area contributed by atoms with Gasteiger partial charge in [-0.3, -0.25) is 0 Å². The van der Waals surface area contributed by atoms with Gasteiger partial charge in [0, 0.05) is 39.6 Å². The maximum absolute atomic E-state index is 2.69. The summed E-state index contributed by atoms with van der Waals surface area (Å²) in [6.07, 6.45) is 3.20. The van der Waals surface area contributed by atoms with E-state index in [1.165, 1.54) is 123 Å². The van der Waals surface area contributed by atoms with Gasteiger partial charge in [-0.1, -0.05) is 243 Å². The lowest BCUT2D eigenvalue weighted by Gasteiger charge is -2.46. The van der Waals surface area contributed by atoms with Gasteiger partial charge in [0.2, 0.25) is 0 Å². The van der Waals surface area contributed by atoms with Gasteiger partial charge >= 0.3 is 0 Å². The third-order valence-corrected chi connectivity index (χ3v) is 15.7. The minimum atomic E-state index is -0.190. The second-order valence-electron chi connectivity index (χ2n) is 22.8. The highest BCUT2D eigenvalue weighted by atomic mass is 15.2. The summed E-state index contributed by atoms with van der Waals surface area (Å²) in [4.78, 5) is 5.36. The molecule has 3 heteroatoms. The summed E-state index contributed by atoms with van der Waals surface area (Å²) in [6.45, 7) is 16.4. The van der Waals surface area contributed by atoms with Crippen LogP contribution in [0, 0.1) is 0 Å². The van der Waals surface area contributed by atoms with E-state index in [9.17, 15) is 0 Å². The van der Waals surface area contributed by atoms with Gasteiger partial charge in [0.1, 0.15) is 0 Å². The fraction of sp³-hybridized carbons (Fsp3) is 0.167. The predicted molar refractivity (Wildman–Crippen MR) is 324 cm³/mol. The quantitative estimate of drug-likeness (QED) is 0.126. The number of hydrogen-bond donors (Lipinski definition) is 0. The molecule has 2 nitrogen and oxygen atoms in total. The van der Waals surface area contributed by atoms with Crippen LogP contribution in [-0.2, 0) is 17.3 Å². The average molecular weight is 969 g/mol. The Bertz CT molecular complexity index is 3640. The Kier molecular flexibility index (Phi) is 12.3. The van der Waals surface area contributed by atoms with E-state index in [0.29, 0.717) is 0 Å². The van der Waals surface area contributed by atoms with Crippen molar-refractivity contribution < 1.29 is 0 Å². The van der Waals surface area contributed by atoms with Crippen LogP contribution in [-0.4, -0.2) is 6.71 Å². The molecule has 10 aromatic rings. The Morgan fingerprint density at radius 1 is 0.347 bits per heavy atom. The summed E-state index contributed by atoms with van der Waals surface area (Å²) < 4.78 is 0. The van der Waals surface area contributed by atoms with Crippen LogP contribution in [0.15, 0.2) is 231 Å². The molecule has 0 saturated heterocycles. The number of rotatable bonds is 10. The van der Waals surface area contributed by atoms with Gasteiger partial charge in [0.25, 0.3) is 6.71 Å². The molecule has 0 N–H and O–H groups in total. The Labute approximate surface area is 446 Å². The second-order valence-corrected chi connectivity index (χ2v) is 22.8. The molecule has 0 unspecified atom stereocenters. The molecule has 366 valence electrons. The Hall–Kier alpha value is -8.14. The lowest BCUT2D eigenvalue weighted by Crippen LogP contribution is -2.61. The Morgan fingerprint density at radius 3 is 1.17 bits per heavy atom. The molecule has 12 rings (SSSR count). The molecule has 0 spiro atoms. The fourth-order valence-corrected chi connectivity index (χ4v) is 11.7. The molecule has 2 aliphatic heterocycles. The van der Waals surface area contributed by atoms with Crippen LogP contribution in [0.2, 0.25) is 0 Å². The first kappa shape index (κ1) is 47.8. The van der Waals surface area contributed by atoms with Crippen molar-refractivity contribution in [3.63, 3.8) is 0 Å². The zero-order valence-electron chi connectivity index (χ0n) is 44.5. The molecule has 0 saturated carbocycles. The number of nitrogens with zero attached hydrogens (tertiary/aromatic N) is 2. The highest BCUT2D eigenvalue weighted by Gasteiger charge is 2.46. The molecule has 0 fully saturated rings. The van der Waals surface area contributed by atoms with Crippen LogP contribution in [0.3, 0.4) is 0 Å². The first-order chi connectivity index (χ1) is 36.4. The molecule has 0 radical (unpaired) electrons. The first-order valence-electron chi connectivity index (χ1n) is 27.1. The van der Waals surface area contributed by atoms with Gasteiger partial charge in [0.15, 0.2) is 0 Å². The molecule has 0 bridgehead atoms. The maximum atomic E-state index is 2.69.